The molecule has 1 unspecified atom stereocenters. The highest BCUT2D eigenvalue weighted by atomic mass is 16.7. The highest BCUT2D eigenvalue weighted by Gasteiger charge is 2.44. The van der Waals surface area contributed by atoms with Crippen LogP contribution in [0.4, 0.5) is 5.69 Å². The average molecular weight is 513 g/mol. The number of nitrogens with one attached hydrogen (secondary N) is 1. The highest BCUT2D eigenvalue weighted by Crippen LogP contribution is 2.32. The summed E-state index contributed by atoms with van der Waals surface area (Å²) < 4.78 is 10.9. The number of ether oxygens (including phenoxy) is 2. The van der Waals surface area contributed by atoms with E-state index in [1.807, 2.05) is 6.07 Å². The zero-order valence-electron chi connectivity index (χ0n) is 21.6. The molecular weight excluding hydrogens is 476 g/mol. The fraction of sp³-hybridized carbons (Fsp3) is 0.630. The minimum absolute atomic E-state index is 0.114. The van der Waals surface area contributed by atoms with Crippen LogP contribution in [-0.2, 0) is 19.1 Å². The molecule has 4 aliphatic rings. The van der Waals surface area contributed by atoms with Gasteiger partial charge in [-0.25, -0.2) is 0 Å². The molecule has 4 amide bonds. The molecule has 37 heavy (non-hydrogen) atoms. The van der Waals surface area contributed by atoms with Gasteiger partial charge in [-0.1, -0.05) is 0 Å². The second kappa shape index (κ2) is 10.9. The zero-order chi connectivity index (χ0) is 26.1. The molecule has 0 radical (unpaired) electrons. The molecular formula is C27H36N4O6. The average Bonchev–Trinajstić information content (AvgIpc) is 3.15. The number of benzene rings is 1. The van der Waals surface area contributed by atoms with E-state index in [0.717, 1.165) is 69.0 Å². The van der Waals surface area contributed by atoms with Gasteiger partial charge in [0.2, 0.25) is 11.8 Å². The molecule has 0 aliphatic carbocycles. The van der Waals surface area contributed by atoms with Crippen molar-refractivity contribution in [3.8, 4) is 0 Å². The van der Waals surface area contributed by atoms with Crippen molar-refractivity contribution in [3.63, 3.8) is 0 Å². The van der Waals surface area contributed by atoms with Gasteiger partial charge >= 0.3 is 0 Å². The smallest absolute Gasteiger partial charge is 0.262 e. The van der Waals surface area contributed by atoms with Gasteiger partial charge in [-0.3, -0.25) is 29.4 Å². The van der Waals surface area contributed by atoms with E-state index in [1.54, 1.807) is 26.4 Å². The Morgan fingerprint density at radius 2 is 1.57 bits per heavy atom. The van der Waals surface area contributed by atoms with Gasteiger partial charge in [0.05, 0.1) is 11.1 Å². The van der Waals surface area contributed by atoms with Crippen LogP contribution in [0.1, 0.15) is 59.2 Å². The van der Waals surface area contributed by atoms with Crippen LogP contribution < -0.4 is 10.2 Å². The predicted molar refractivity (Wildman–Crippen MR) is 135 cm³/mol. The summed E-state index contributed by atoms with van der Waals surface area (Å²) in [6.45, 7) is 5.03. The van der Waals surface area contributed by atoms with Gasteiger partial charge in [-0.15, -0.1) is 0 Å². The number of fused-ring (bicyclic) bond motifs is 1. The van der Waals surface area contributed by atoms with Crippen LogP contribution in [0.15, 0.2) is 18.2 Å². The minimum atomic E-state index is -0.941. The Morgan fingerprint density at radius 1 is 0.892 bits per heavy atom. The molecule has 10 nitrogen and oxygen atoms in total. The Bertz CT molecular complexity index is 1060. The number of nitrogens with zero attached hydrogens (tertiary/aromatic N) is 3. The number of amides is 4. The van der Waals surface area contributed by atoms with Gasteiger partial charge < -0.3 is 19.3 Å². The molecule has 10 heteroatoms. The normalized spacial score (nSPS) is 24.2. The van der Waals surface area contributed by atoms with Crippen LogP contribution >= 0.6 is 0 Å². The summed E-state index contributed by atoms with van der Waals surface area (Å²) in [5.41, 5.74) is 1.58. The largest absolute Gasteiger partial charge is 0.371 e. The number of hydrogen-bond donors (Lipinski definition) is 1. The summed E-state index contributed by atoms with van der Waals surface area (Å²) in [6.07, 6.45) is 4.48. The Labute approximate surface area is 217 Å². The van der Waals surface area contributed by atoms with Crippen molar-refractivity contribution in [3.05, 3.63) is 29.3 Å². The third-order valence-electron chi connectivity index (χ3n) is 8.40. The number of methoxy groups -OCH3 is 2. The second-order valence-corrected chi connectivity index (χ2v) is 10.6. The van der Waals surface area contributed by atoms with Gasteiger partial charge in [0, 0.05) is 51.9 Å². The molecule has 5 rings (SSSR count). The maximum atomic E-state index is 13.1. The maximum Gasteiger partial charge on any atom is 0.262 e. The molecule has 0 aromatic heterocycles. The molecule has 200 valence electrons. The molecule has 1 N–H and O–H groups in total. The lowest BCUT2D eigenvalue weighted by Gasteiger charge is -2.39. The van der Waals surface area contributed by atoms with Crippen LogP contribution in [0.3, 0.4) is 0 Å². The third-order valence-corrected chi connectivity index (χ3v) is 8.40. The van der Waals surface area contributed by atoms with Gasteiger partial charge in [-0.2, -0.15) is 0 Å². The third kappa shape index (κ3) is 5.15. The van der Waals surface area contributed by atoms with Gasteiger partial charge in [0.25, 0.3) is 11.8 Å². The molecule has 3 fully saturated rings. The van der Waals surface area contributed by atoms with Crippen molar-refractivity contribution >= 4 is 29.3 Å². The number of carbonyl (C=O) groups excluding carboxylic acids is 4. The molecule has 4 heterocycles. The van der Waals surface area contributed by atoms with Gasteiger partial charge in [0.15, 0.2) is 6.29 Å². The predicted octanol–water partition coefficient (Wildman–Crippen LogP) is 1.64. The molecule has 3 saturated heterocycles. The molecule has 0 bridgehead atoms. The lowest BCUT2D eigenvalue weighted by atomic mass is 9.92. The quantitative estimate of drug-likeness (QED) is 0.434. The Hall–Kier alpha value is -2.82. The van der Waals surface area contributed by atoms with Crippen molar-refractivity contribution in [2.75, 3.05) is 51.8 Å². The molecule has 0 spiro atoms. The van der Waals surface area contributed by atoms with Crippen LogP contribution in [0, 0.1) is 11.8 Å². The topological polar surface area (TPSA) is 108 Å². The second-order valence-electron chi connectivity index (χ2n) is 10.6. The number of carbonyl (C=O) groups is 4. The van der Waals surface area contributed by atoms with Crippen molar-refractivity contribution in [1.29, 1.82) is 0 Å². The van der Waals surface area contributed by atoms with E-state index in [0.29, 0.717) is 23.0 Å². The van der Waals surface area contributed by atoms with E-state index in [9.17, 15) is 19.2 Å². The number of piperidine rings is 3. The summed E-state index contributed by atoms with van der Waals surface area (Å²) in [7, 11) is 3.41. The summed E-state index contributed by atoms with van der Waals surface area (Å²) in [6, 6.07) is 4.43. The first-order chi connectivity index (χ1) is 17.9. The standard InChI is InChI=1S/C27H36N4O6/c1-36-27(37-2)18-9-11-29(12-10-18)16-17-7-13-30(14-8-17)19-3-4-20-21(15-19)26(35)31(25(20)34)22-5-6-23(32)28-24(22)33/h3-4,15,17-18,22,27H,5-14,16H2,1-2H3,(H,28,32,33). The van der Waals surface area contributed by atoms with Crippen molar-refractivity contribution in [2.45, 2.75) is 50.9 Å². The van der Waals surface area contributed by atoms with E-state index in [4.69, 9.17) is 9.47 Å². The van der Waals surface area contributed by atoms with E-state index < -0.39 is 23.8 Å². The van der Waals surface area contributed by atoms with Crippen LogP contribution in [0.5, 0.6) is 0 Å². The van der Waals surface area contributed by atoms with Crippen LogP contribution in [-0.4, -0.2) is 92.7 Å². The first-order valence-electron chi connectivity index (χ1n) is 13.3. The summed E-state index contributed by atoms with van der Waals surface area (Å²) in [5.74, 6) is -0.805. The Kier molecular flexibility index (Phi) is 7.60. The maximum absolute atomic E-state index is 13.1. The molecule has 1 aromatic rings. The molecule has 4 aliphatic heterocycles. The lowest BCUT2D eigenvalue weighted by Crippen LogP contribution is -2.54. The van der Waals surface area contributed by atoms with Gasteiger partial charge in [0.1, 0.15) is 6.04 Å². The highest BCUT2D eigenvalue weighted by molar-refractivity contribution is 6.23. The Morgan fingerprint density at radius 3 is 2.22 bits per heavy atom. The molecule has 1 aromatic carbocycles. The monoisotopic (exact) mass is 512 g/mol. The number of imide groups is 2. The van der Waals surface area contributed by atoms with E-state index >= 15 is 0 Å². The Balaban J connectivity index is 1.16. The molecule has 0 saturated carbocycles. The first kappa shape index (κ1) is 25.8. The minimum Gasteiger partial charge on any atom is -0.371 e. The number of anilines is 1. The first-order valence-corrected chi connectivity index (χ1v) is 13.3. The fourth-order valence-electron chi connectivity index (χ4n) is 6.28. The zero-order valence-corrected chi connectivity index (χ0v) is 21.6. The van der Waals surface area contributed by atoms with Crippen LogP contribution in [0.25, 0.3) is 0 Å². The molecule has 1 atom stereocenters. The van der Waals surface area contributed by atoms with E-state index in [1.165, 1.54) is 0 Å². The number of rotatable bonds is 7. The summed E-state index contributed by atoms with van der Waals surface area (Å²) in [5, 5.41) is 2.24. The number of hydrogen-bond acceptors (Lipinski definition) is 8. The lowest BCUT2D eigenvalue weighted by molar-refractivity contribution is -0.147. The fourth-order valence-corrected chi connectivity index (χ4v) is 6.28. The van der Waals surface area contributed by atoms with E-state index in [-0.39, 0.29) is 25.0 Å². The van der Waals surface area contributed by atoms with Crippen molar-refractivity contribution in [2.24, 2.45) is 11.8 Å². The van der Waals surface area contributed by atoms with Crippen molar-refractivity contribution in [1.82, 2.24) is 15.1 Å². The summed E-state index contributed by atoms with van der Waals surface area (Å²) >= 11 is 0. The van der Waals surface area contributed by atoms with Crippen LogP contribution in [0.2, 0.25) is 0 Å². The summed E-state index contributed by atoms with van der Waals surface area (Å²) in [4.78, 5) is 55.7. The van der Waals surface area contributed by atoms with E-state index in [2.05, 4.69) is 15.1 Å². The number of likely N-dealkylation sites (tertiary alicyclic amines) is 1. The van der Waals surface area contributed by atoms with Crippen molar-refractivity contribution < 1.29 is 28.7 Å². The van der Waals surface area contributed by atoms with Gasteiger partial charge in [-0.05, 0) is 69.3 Å². The SMILES string of the molecule is COC(OC)C1CCN(CC2CCN(c3ccc4c(c3)C(=O)N(C3CCC(=O)NC3=O)C4=O)CC2)CC1.